The molecule has 0 aliphatic carbocycles. The highest BCUT2D eigenvalue weighted by atomic mass is 35.5. The molecule has 0 radical (unpaired) electrons. The predicted octanol–water partition coefficient (Wildman–Crippen LogP) is 1.97. The smallest absolute Gasteiger partial charge is 0.260 e. The number of nitrogens with two attached hydrogens (primary N) is 1. The number of hydrogen-bond acceptors (Lipinski definition) is 5. The molecule has 1 aromatic heterocycles. The lowest BCUT2D eigenvalue weighted by Crippen LogP contribution is -2.14. The van der Waals surface area contributed by atoms with E-state index in [1.807, 2.05) is 0 Å². The Bertz CT molecular complexity index is 598. The Balaban J connectivity index is 2.25. The number of nitrogens with zero attached hydrogens (tertiary/aromatic N) is 2. The molecule has 0 saturated carbocycles. The molecule has 0 bridgehead atoms. The Morgan fingerprint density at radius 3 is 2.79 bits per heavy atom. The van der Waals surface area contributed by atoms with Crippen LogP contribution < -0.4 is 15.8 Å². The number of para-hydroxylation sites is 1. The van der Waals surface area contributed by atoms with E-state index in [4.69, 9.17) is 22.1 Å². The zero-order valence-electron chi connectivity index (χ0n) is 10.1. The van der Waals surface area contributed by atoms with E-state index in [2.05, 4.69) is 15.3 Å². The van der Waals surface area contributed by atoms with Crippen molar-refractivity contribution in [3.63, 3.8) is 0 Å². The summed E-state index contributed by atoms with van der Waals surface area (Å²) in [4.78, 5) is 19.6. The van der Waals surface area contributed by atoms with Crippen LogP contribution in [-0.4, -0.2) is 23.0 Å². The van der Waals surface area contributed by atoms with E-state index in [0.717, 1.165) is 0 Å². The predicted molar refractivity (Wildman–Crippen MR) is 72.4 cm³/mol. The molecule has 19 heavy (non-hydrogen) atoms. The average molecular weight is 279 g/mol. The molecule has 2 rings (SSSR count). The van der Waals surface area contributed by atoms with Gasteiger partial charge >= 0.3 is 0 Å². The number of nitrogen functional groups attached to an aromatic ring is 1. The average Bonchev–Trinajstić information content (AvgIpc) is 2.37. The van der Waals surface area contributed by atoms with Crippen LogP contribution in [0.25, 0.3) is 0 Å². The number of hydrogen-bond donors (Lipinski definition) is 2. The third-order valence-electron chi connectivity index (χ3n) is 2.31. The molecule has 2 aromatic rings. The molecule has 0 atom stereocenters. The zero-order valence-corrected chi connectivity index (χ0v) is 10.8. The number of carbonyl (C=O) groups is 1. The van der Waals surface area contributed by atoms with Crippen LogP contribution >= 0.6 is 11.6 Å². The van der Waals surface area contributed by atoms with Gasteiger partial charge in [0.2, 0.25) is 5.95 Å². The lowest BCUT2D eigenvalue weighted by molar-refractivity contribution is 0.102. The minimum atomic E-state index is -0.369. The first-order valence-electron chi connectivity index (χ1n) is 5.34. The molecular formula is C12H11ClN4O2. The number of benzene rings is 1. The van der Waals surface area contributed by atoms with Gasteiger partial charge in [0.15, 0.2) is 0 Å². The van der Waals surface area contributed by atoms with Crippen LogP contribution in [-0.2, 0) is 0 Å². The van der Waals surface area contributed by atoms with Crippen LogP contribution in [0.1, 0.15) is 10.4 Å². The van der Waals surface area contributed by atoms with Crippen LogP contribution in [0.3, 0.4) is 0 Å². The minimum absolute atomic E-state index is 0.0113. The summed E-state index contributed by atoms with van der Waals surface area (Å²) < 4.78 is 5.11. The van der Waals surface area contributed by atoms with Crippen LogP contribution in [0.2, 0.25) is 5.15 Å². The number of aromatic nitrogens is 2. The fraction of sp³-hybridized carbons (Fsp3) is 0.0833. The second-order valence-electron chi connectivity index (χ2n) is 3.59. The van der Waals surface area contributed by atoms with Gasteiger partial charge in [-0.25, -0.2) is 4.98 Å². The first-order valence-corrected chi connectivity index (χ1v) is 5.72. The largest absolute Gasteiger partial charge is 0.496 e. The number of carbonyl (C=O) groups excluding carboxylic acids is 1. The Hall–Kier alpha value is -2.34. The molecule has 1 amide bonds. The van der Waals surface area contributed by atoms with Crippen molar-refractivity contribution in [1.82, 2.24) is 9.97 Å². The van der Waals surface area contributed by atoms with Crippen molar-refractivity contribution in [1.29, 1.82) is 0 Å². The molecule has 0 spiro atoms. The molecule has 1 aromatic carbocycles. The van der Waals surface area contributed by atoms with Crippen molar-refractivity contribution < 1.29 is 9.53 Å². The number of amides is 1. The summed E-state index contributed by atoms with van der Waals surface area (Å²) in [6, 6.07) is 8.25. The Kier molecular flexibility index (Phi) is 3.82. The van der Waals surface area contributed by atoms with E-state index in [1.54, 1.807) is 24.3 Å². The van der Waals surface area contributed by atoms with Crippen molar-refractivity contribution in [3.8, 4) is 5.75 Å². The number of methoxy groups -OCH3 is 1. The third kappa shape index (κ3) is 3.11. The minimum Gasteiger partial charge on any atom is -0.496 e. The lowest BCUT2D eigenvalue weighted by atomic mass is 10.2. The molecule has 6 nitrogen and oxygen atoms in total. The van der Waals surface area contributed by atoms with Crippen molar-refractivity contribution in [2.24, 2.45) is 0 Å². The number of rotatable bonds is 3. The second-order valence-corrected chi connectivity index (χ2v) is 3.98. The van der Waals surface area contributed by atoms with Crippen molar-refractivity contribution >= 4 is 29.3 Å². The number of ether oxygens (including phenoxy) is 1. The molecule has 98 valence electrons. The summed E-state index contributed by atoms with van der Waals surface area (Å²) in [6.07, 6.45) is 0. The summed E-state index contributed by atoms with van der Waals surface area (Å²) in [7, 11) is 1.49. The number of nitrogens with one attached hydrogen (secondary N) is 1. The molecule has 0 saturated heterocycles. The fourth-order valence-electron chi connectivity index (χ4n) is 1.52. The van der Waals surface area contributed by atoms with Gasteiger partial charge in [-0.3, -0.25) is 4.79 Å². The molecule has 0 fully saturated rings. The second kappa shape index (κ2) is 5.53. The molecule has 3 N–H and O–H groups in total. The quantitative estimate of drug-likeness (QED) is 0.838. The van der Waals surface area contributed by atoms with Gasteiger partial charge in [-0.2, -0.15) is 4.98 Å². The summed E-state index contributed by atoms with van der Waals surface area (Å²) in [5.41, 5.74) is 5.83. The van der Waals surface area contributed by atoms with Gasteiger partial charge in [-0.15, -0.1) is 0 Å². The van der Waals surface area contributed by atoms with E-state index >= 15 is 0 Å². The summed E-state index contributed by atoms with van der Waals surface area (Å²) >= 11 is 5.73. The molecule has 0 aliphatic heterocycles. The summed E-state index contributed by atoms with van der Waals surface area (Å²) in [5.74, 6) is 0.316. The monoisotopic (exact) mass is 278 g/mol. The number of anilines is 2. The van der Waals surface area contributed by atoms with Gasteiger partial charge in [0.25, 0.3) is 5.91 Å². The van der Waals surface area contributed by atoms with Crippen LogP contribution in [0.5, 0.6) is 5.75 Å². The Labute approximate surface area is 114 Å². The van der Waals surface area contributed by atoms with Gasteiger partial charge in [-0.05, 0) is 12.1 Å². The fourth-order valence-corrected chi connectivity index (χ4v) is 1.71. The van der Waals surface area contributed by atoms with Crippen LogP contribution in [0.4, 0.5) is 11.8 Å². The van der Waals surface area contributed by atoms with Crippen molar-refractivity contribution in [2.45, 2.75) is 0 Å². The number of halogens is 1. The van der Waals surface area contributed by atoms with E-state index in [1.165, 1.54) is 13.2 Å². The van der Waals surface area contributed by atoms with Crippen LogP contribution in [0, 0.1) is 0 Å². The Morgan fingerprint density at radius 1 is 1.37 bits per heavy atom. The van der Waals surface area contributed by atoms with E-state index in [9.17, 15) is 4.79 Å². The van der Waals surface area contributed by atoms with Crippen LogP contribution in [0.15, 0.2) is 30.3 Å². The lowest BCUT2D eigenvalue weighted by Gasteiger charge is -2.08. The summed E-state index contributed by atoms with van der Waals surface area (Å²) in [5, 5.41) is 2.74. The molecule has 7 heteroatoms. The highest BCUT2D eigenvalue weighted by molar-refractivity contribution is 6.29. The Morgan fingerprint density at radius 2 is 2.11 bits per heavy atom. The maximum atomic E-state index is 12.1. The summed E-state index contributed by atoms with van der Waals surface area (Å²) in [6.45, 7) is 0. The van der Waals surface area contributed by atoms with E-state index in [-0.39, 0.29) is 22.8 Å². The first-order chi connectivity index (χ1) is 9.10. The maximum Gasteiger partial charge on any atom is 0.260 e. The van der Waals surface area contributed by atoms with Gasteiger partial charge in [0.1, 0.15) is 16.7 Å². The van der Waals surface area contributed by atoms with Crippen molar-refractivity contribution in [3.05, 3.63) is 41.0 Å². The molecular weight excluding hydrogens is 268 g/mol. The van der Waals surface area contributed by atoms with Gasteiger partial charge in [0.05, 0.1) is 12.7 Å². The third-order valence-corrected chi connectivity index (χ3v) is 2.50. The van der Waals surface area contributed by atoms with Gasteiger partial charge < -0.3 is 15.8 Å². The first kappa shape index (κ1) is 13.1. The maximum absolute atomic E-state index is 12.1. The van der Waals surface area contributed by atoms with E-state index < -0.39 is 0 Å². The standard InChI is InChI=1S/C12H11ClN4O2/c1-19-8-5-3-2-4-7(8)11(18)16-10-6-9(13)15-12(14)17-10/h2-6H,1H3,(H3,14,15,16,17,18). The highest BCUT2D eigenvalue weighted by Crippen LogP contribution is 2.19. The SMILES string of the molecule is COc1ccccc1C(=O)Nc1cc(Cl)nc(N)n1. The van der Waals surface area contributed by atoms with Gasteiger partial charge in [0, 0.05) is 6.07 Å². The molecule has 1 heterocycles. The van der Waals surface area contributed by atoms with Gasteiger partial charge in [-0.1, -0.05) is 23.7 Å². The zero-order chi connectivity index (χ0) is 13.8. The highest BCUT2D eigenvalue weighted by Gasteiger charge is 2.12. The molecule has 0 aliphatic rings. The van der Waals surface area contributed by atoms with Crippen molar-refractivity contribution in [2.75, 3.05) is 18.2 Å². The van der Waals surface area contributed by atoms with E-state index in [0.29, 0.717) is 11.3 Å². The molecule has 0 unspecified atom stereocenters. The topological polar surface area (TPSA) is 90.1 Å². The normalized spacial score (nSPS) is 10.0.